The second-order valence-corrected chi connectivity index (χ2v) is 4.23. The summed E-state index contributed by atoms with van der Waals surface area (Å²) in [6.45, 7) is 0.398. The molecule has 1 unspecified atom stereocenters. The molecule has 0 saturated heterocycles. The molecule has 1 aromatic heterocycles. The molecule has 0 bridgehead atoms. The van der Waals surface area contributed by atoms with Crippen molar-refractivity contribution >= 4 is 12.2 Å². The van der Waals surface area contributed by atoms with Crippen LogP contribution in [0.3, 0.4) is 0 Å². The third-order valence-electron chi connectivity index (χ3n) is 2.87. The Kier molecular flexibility index (Phi) is 3.36. The van der Waals surface area contributed by atoms with E-state index in [1.807, 2.05) is 0 Å². The van der Waals surface area contributed by atoms with E-state index < -0.39 is 4.92 Å². The summed E-state index contributed by atoms with van der Waals surface area (Å²) >= 11 is 0. The number of carbonyl (C=O) groups excluding carboxylic acids is 1. The topological polar surface area (TPSA) is 98.1 Å². The average Bonchev–Trinajstić information content (AvgIpc) is 2.95. The second kappa shape index (κ2) is 4.94. The minimum absolute atomic E-state index is 0.0553. The van der Waals surface area contributed by atoms with Crippen LogP contribution in [0.25, 0.3) is 0 Å². The summed E-state index contributed by atoms with van der Waals surface area (Å²) in [6.07, 6.45) is 4.22. The van der Waals surface area contributed by atoms with E-state index in [4.69, 9.17) is 4.74 Å². The van der Waals surface area contributed by atoms with E-state index in [9.17, 15) is 14.9 Å². The smallest absolute Gasteiger partial charge is 0.310 e. The van der Waals surface area contributed by atoms with Crippen molar-refractivity contribution < 1.29 is 14.5 Å². The molecule has 1 aromatic rings. The molecule has 1 aliphatic carbocycles. The van der Waals surface area contributed by atoms with E-state index in [1.54, 1.807) is 0 Å². The van der Waals surface area contributed by atoms with Gasteiger partial charge in [0.15, 0.2) is 0 Å². The van der Waals surface area contributed by atoms with Crippen LogP contribution in [0.1, 0.15) is 25.0 Å². The highest BCUT2D eigenvalue weighted by Crippen LogP contribution is 2.35. The zero-order chi connectivity index (χ0) is 12.3. The molecule has 0 amide bonds. The van der Waals surface area contributed by atoms with Gasteiger partial charge < -0.3 is 4.74 Å². The van der Waals surface area contributed by atoms with Gasteiger partial charge in [-0.15, -0.1) is 0 Å². The summed E-state index contributed by atoms with van der Waals surface area (Å²) in [5, 5.41) is 16.9. The Labute approximate surface area is 97.3 Å². The molecular weight excluding hydrogens is 226 g/mol. The van der Waals surface area contributed by atoms with E-state index in [2.05, 4.69) is 10.2 Å². The molecule has 17 heavy (non-hydrogen) atoms. The summed E-state index contributed by atoms with van der Waals surface area (Å²) in [4.78, 5) is 20.6. The van der Waals surface area contributed by atoms with Crippen molar-refractivity contribution in [2.24, 2.45) is 5.92 Å². The lowest BCUT2D eigenvalue weighted by Crippen LogP contribution is -2.17. The van der Waals surface area contributed by atoms with Gasteiger partial charge in [-0.2, -0.15) is 5.10 Å². The van der Waals surface area contributed by atoms with Crippen molar-refractivity contribution in [2.75, 3.05) is 0 Å². The first-order valence-electron chi connectivity index (χ1n) is 5.46. The maximum Gasteiger partial charge on any atom is 0.310 e. The van der Waals surface area contributed by atoms with Crippen molar-refractivity contribution in [3.8, 4) is 0 Å². The standard InChI is InChI=1S/C10H13N3O4/c14-6-17-8(3-7-1-2-7)4-9-10(13(15)16)5-11-12-9/h5-8H,1-4H2,(H,11,12). The van der Waals surface area contributed by atoms with Crippen LogP contribution in [-0.4, -0.2) is 27.7 Å². The van der Waals surface area contributed by atoms with Gasteiger partial charge in [-0.3, -0.25) is 20.0 Å². The highest BCUT2D eigenvalue weighted by atomic mass is 16.6. The number of ether oxygens (including phenoxy) is 1. The zero-order valence-electron chi connectivity index (χ0n) is 9.17. The SMILES string of the molecule is O=COC(Cc1[nH]ncc1[N+](=O)[O-])CC1CC1. The summed E-state index contributed by atoms with van der Waals surface area (Å²) in [5.74, 6) is 0.585. The highest BCUT2D eigenvalue weighted by Gasteiger charge is 2.28. The van der Waals surface area contributed by atoms with Crippen molar-refractivity contribution in [1.29, 1.82) is 0 Å². The lowest BCUT2D eigenvalue weighted by Gasteiger charge is -2.13. The summed E-state index contributed by atoms with van der Waals surface area (Å²) in [6, 6.07) is 0. The number of H-pyrrole nitrogens is 1. The van der Waals surface area contributed by atoms with Crippen LogP contribution in [0.15, 0.2) is 6.20 Å². The second-order valence-electron chi connectivity index (χ2n) is 4.23. The Bertz CT molecular complexity index is 413. The van der Waals surface area contributed by atoms with Gasteiger partial charge >= 0.3 is 5.69 Å². The third-order valence-corrected chi connectivity index (χ3v) is 2.87. The van der Waals surface area contributed by atoms with Crippen LogP contribution in [0.4, 0.5) is 5.69 Å². The van der Waals surface area contributed by atoms with E-state index in [1.165, 1.54) is 6.20 Å². The van der Waals surface area contributed by atoms with E-state index in [0.29, 0.717) is 24.5 Å². The number of carbonyl (C=O) groups is 1. The van der Waals surface area contributed by atoms with Crippen LogP contribution < -0.4 is 0 Å². The molecule has 0 aliphatic heterocycles. The fourth-order valence-corrected chi connectivity index (χ4v) is 1.83. The van der Waals surface area contributed by atoms with Crippen LogP contribution in [0.5, 0.6) is 0 Å². The van der Waals surface area contributed by atoms with Crippen molar-refractivity contribution in [3.05, 3.63) is 22.0 Å². The van der Waals surface area contributed by atoms with Gasteiger partial charge in [-0.25, -0.2) is 0 Å². The van der Waals surface area contributed by atoms with Gasteiger partial charge in [-0.1, -0.05) is 12.8 Å². The molecule has 7 nitrogen and oxygen atoms in total. The van der Waals surface area contributed by atoms with Gasteiger partial charge in [0.1, 0.15) is 18.0 Å². The summed E-state index contributed by atoms with van der Waals surface area (Å²) in [5.41, 5.74) is 0.350. The molecule has 0 spiro atoms. The molecule has 2 rings (SSSR count). The number of rotatable bonds is 7. The fourth-order valence-electron chi connectivity index (χ4n) is 1.83. The largest absolute Gasteiger partial charge is 0.464 e. The van der Waals surface area contributed by atoms with Crippen molar-refractivity contribution in [1.82, 2.24) is 10.2 Å². The van der Waals surface area contributed by atoms with Crippen LogP contribution in [0.2, 0.25) is 0 Å². The lowest BCUT2D eigenvalue weighted by molar-refractivity contribution is -0.385. The van der Waals surface area contributed by atoms with Gasteiger partial charge in [0, 0.05) is 6.42 Å². The van der Waals surface area contributed by atoms with Gasteiger partial charge in [0.2, 0.25) is 0 Å². The first kappa shape index (κ1) is 11.6. The lowest BCUT2D eigenvalue weighted by atomic mass is 10.1. The molecule has 1 saturated carbocycles. The number of aromatic amines is 1. The highest BCUT2D eigenvalue weighted by molar-refractivity contribution is 5.38. The Morgan fingerprint density at radius 3 is 3.06 bits per heavy atom. The quantitative estimate of drug-likeness (QED) is 0.438. The molecule has 0 radical (unpaired) electrons. The molecule has 92 valence electrons. The Morgan fingerprint density at radius 2 is 2.47 bits per heavy atom. The number of aromatic nitrogens is 2. The average molecular weight is 239 g/mol. The van der Waals surface area contributed by atoms with Crippen LogP contribution in [-0.2, 0) is 16.0 Å². The molecule has 1 atom stereocenters. The Balaban J connectivity index is 2.01. The molecule has 0 aromatic carbocycles. The molecule has 7 heteroatoms. The number of nitrogens with zero attached hydrogens (tertiary/aromatic N) is 2. The molecule has 1 N–H and O–H groups in total. The predicted molar refractivity (Wildman–Crippen MR) is 57.2 cm³/mol. The summed E-state index contributed by atoms with van der Waals surface area (Å²) < 4.78 is 4.95. The minimum Gasteiger partial charge on any atom is -0.464 e. The fraction of sp³-hybridized carbons (Fsp3) is 0.600. The zero-order valence-corrected chi connectivity index (χ0v) is 9.17. The van der Waals surface area contributed by atoms with Crippen LogP contribution in [0, 0.1) is 16.0 Å². The van der Waals surface area contributed by atoms with Gasteiger partial charge in [-0.05, 0) is 12.3 Å². The normalized spacial score (nSPS) is 16.5. The number of hydrogen-bond donors (Lipinski definition) is 1. The molecule has 1 aliphatic rings. The van der Waals surface area contributed by atoms with E-state index >= 15 is 0 Å². The van der Waals surface area contributed by atoms with Crippen LogP contribution >= 0.6 is 0 Å². The monoisotopic (exact) mass is 239 g/mol. The van der Waals surface area contributed by atoms with E-state index in [-0.39, 0.29) is 11.8 Å². The first-order valence-corrected chi connectivity index (χ1v) is 5.46. The molecule has 1 fully saturated rings. The number of nitro groups is 1. The van der Waals surface area contributed by atoms with E-state index in [0.717, 1.165) is 19.3 Å². The molecule has 1 heterocycles. The maximum absolute atomic E-state index is 10.7. The first-order chi connectivity index (χ1) is 8.20. The Morgan fingerprint density at radius 1 is 1.71 bits per heavy atom. The number of hydrogen-bond acceptors (Lipinski definition) is 5. The van der Waals surface area contributed by atoms with Gasteiger partial charge in [0.25, 0.3) is 6.47 Å². The van der Waals surface area contributed by atoms with Crippen molar-refractivity contribution in [3.63, 3.8) is 0 Å². The van der Waals surface area contributed by atoms with Crippen molar-refractivity contribution in [2.45, 2.75) is 31.8 Å². The minimum atomic E-state index is -0.492. The maximum atomic E-state index is 10.7. The molecular formula is C10H13N3O4. The summed E-state index contributed by atoms with van der Waals surface area (Å²) in [7, 11) is 0. The Hall–Kier alpha value is -1.92. The van der Waals surface area contributed by atoms with Gasteiger partial charge in [0.05, 0.1) is 4.92 Å². The predicted octanol–water partition coefficient (Wildman–Crippen LogP) is 1.20. The third kappa shape index (κ3) is 3.02. The number of nitrogens with one attached hydrogen (secondary N) is 1.